The number of benzene rings is 1. The molecule has 7 heteroatoms. The number of aliphatic carboxylic acids is 1. The van der Waals surface area contributed by atoms with Crippen LogP contribution in [0.15, 0.2) is 36.9 Å². The van der Waals surface area contributed by atoms with Crippen molar-refractivity contribution in [3.8, 4) is 0 Å². The van der Waals surface area contributed by atoms with Crippen LogP contribution in [0.2, 0.25) is 0 Å². The quantitative estimate of drug-likeness (QED) is 0.548. The number of hydrogen-bond acceptors (Lipinski definition) is 3. The van der Waals surface area contributed by atoms with E-state index >= 15 is 0 Å². The Morgan fingerprint density at radius 1 is 1.17 bits per heavy atom. The van der Waals surface area contributed by atoms with Crippen LogP contribution in [0.5, 0.6) is 0 Å². The molecule has 24 heavy (non-hydrogen) atoms. The number of allylic oxidation sites excluding steroid dienone is 1. The fourth-order valence-corrected chi connectivity index (χ4v) is 1.92. The van der Waals surface area contributed by atoms with Gasteiger partial charge in [0.25, 0.3) is 5.91 Å². The Hall–Kier alpha value is -2.83. The van der Waals surface area contributed by atoms with Gasteiger partial charge in [0.05, 0.1) is 0 Å². The Kier molecular flexibility index (Phi) is 7.48. The summed E-state index contributed by atoms with van der Waals surface area (Å²) in [4.78, 5) is 34.8. The van der Waals surface area contributed by atoms with Gasteiger partial charge in [-0.25, -0.2) is 9.59 Å². The smallest absolute Gasteiger partial charge is 0.326 e. The van der Waals surface area contributed by atoms with Crippen LogP contribution in [-0.2, 0) is 4.79 Å². The van der Waals surface area contributed by atoms with Crippen molar-refractivity contribution in [1.29, 1.82) is 0 Å². The Labute approximate surface area is 141 Å². The fraction of sp³-hybridized carbons (Fsp3) is 0.353. The van der Waals surface area contributed by atoms with Gasteiger partial charge < -0.3 is 21.1 Å². The summed E-state index contributed by atoms with van der Waals surface area (Å²) in [6.45, 7) is 7.23. The number of carbonyl (C=O) groups is 3. The predicted octanol–water partition coefficient (Wildman–Crippen LogP) is 2.37. The van der Waals surface area contributed by atoms with E-state index in [1.165, 1.54) is 12.1 Å². The molecule has 1 atom stereocenters. The number of anilines is 1. The number of amides is 3. The number of hydrogen-bond donors (Lipinski definition) is 4. The molecule has 0 saturated heterocycles. The minimum absolute atomic E-state index is 0.0126. The van der Waals surface area contributed by atoms with Crippen LogP contribution in [0.25, 0.3) is 0 Å². The van der Waals surface area contributed by atoms with E-state index in [0.717, 1.165) is 0 Å². The van der Waals surface area contributed by atoms with Crippen molar-refractivity contribution in [2.75, 3.05) is 5.32 Å². The number of urea groups is 1. The molecule has 0 radical (unpaired) electrons. The third-order valence-corrected chi connectivity index (χ3v) is 3.09. The molecule has 0 spiro atoms. The molecule has 0 bridgehead atoms. The van der Waals surface area contributed by atoms with Crippen molar-refractivity contribution in [1.82, 2.24) is 10.6 Å². The minimum Gasteiger partial charge on any atom is -0.480 e. The van der Waals surface area contributed by atoms with Gasteiger partial charge in [-0.2, -0.15) is 0 Å². The van der Waals surface area contributed by atoms with Crippen LogP contribution in [0, 0.1) is 0 Å². The molecule has 0 aliphatic heterocycles. The highest BCUT2D eigenvalue weighted by atomic mass is 16.4. The zero-order chi connectivity index (χ0) is 18.1. The first-order valence-corrected chi connectivity index (χ1v) is 7.65. The Morgan fingerprint density at radius 3 is 2.29 bits per heavy atom. The van der Waals surface area contributed by atoms with E-state index in [1.807, 2.05) is 13.8 Å². The predicted molar refractivity (Wildman–Crippen MR) is 92.1 cm³/mol. The molecular weight excluding hydrogens is 310 g/mol. The van der Waals surface area contributed by atoms with E-state index < -0.39 is 17.9 Å². The van der Waals surface area contributed by atoms with E-state index in [2.05, 4.69) is 22.5 Å². The monoisotopic (exact) mass is 333 g/mol. The minimum atomic E-state index is -1.09. The number of rotatable bonds is 8. The first-order valence-electron chi connectivity index (χ1n) is 7.65. The summed E-state index contributed by atoms with van der Waals surface area (Å²) >= 11 is 0. The molecule has 1 aromatic rings. The van der Waals surface area contributed by atoms with E-state index in [4.69, 9.17) is 5.11 Å². The lowest BCUT2D eigenvalue weighted by molar-refractivity contribution is -0.139. The van der Waals surface area contributed by atoms with Gasteiger partial charge in [0.15, 0.2) is 0 Å². The maximum absolute atomic E-state index is 12.1. The van der Waals surface area contributed by atoms with Crippen LogP contribution >= 0.6 is 0 Å². The summed E-state index contributed by atoms with van der Waals surface area (Å²) in [6, 6.07) is 4.91. The molecule has 1 unspecified atom stereocenters. The largest absolute Gasteiger partial charge is 0.480 e. The number of carboxylic acid groups (broad SMARTS) is 1. The van der Waals surface area contributed by atoms with E-state index in [1.54, 1.807) is 18.2 Å². The lowest BCUT2D eigenvalue weighted by Gasteiger charge is -2.14. The van der Waals surface area contributed by atoms with E-state index in [0.29, 0.717) is 17.7 Å². The third kappa shape index (κ3) is 6.51. The van der Waals surface area contributed by atoms with Gasteiger partial charge in [-0.05, 0) is 51.0 Å². The highest BCUT2D eigenvalue weighted by Crippen LogP contribution is 2.10. The second kappa shape index (κ2) is 9.34. The van der Waals surface area contributed by atoms with Crippen molar-refractivity contribution in [2.24, 2.45) is 0 Å². The molecule has 0 fully saturated rings. The Morgan fingerprint density at radius 2 is 1.79 bits per heavy atom. The molecule has 0 saturated carbocycles. The van der Waals surface area contributed by atoms with Gasteiger partial charge in [0, 0.05) is 17.3 Å². The van der Waals surface area contributed by atoms with E-state index in [-0.39, 0.29) is 18.5 Å². The highest BCUT2D eigenvalue weighted by Gasteiger charge is 2.19. The maximum atomic E-state index is 12.1. The average molecular weight is 333 g/mol. The SMILES string of the molecule is C=CCCC(NC(=O)c1ccc(NC(=O)NC(C)C)cc1)C(=O)O. The summed E-state index contributed by atoms with van der Waals surface area (Å²) in [5.41, 5.74) is 0.848. The number of carbonyl (C=O) groups excluding carboxylic acids is 2. The second-order valence-corrected chi connectivity index (χ2v) is 5.56. The van der Waals surface area contributed by atoms with Crippen LogP contribution in [0.3, 0.4) is 0 Å². The maximum Gasteiger partial charge on any atom is 0.326 e. The molecule has 0 heterocycles. The first kappa shape index (κ1) is 19.2. The van der Waals surface area contributed by atoms with Crippen LogP contribution in [0.1, 0.15) is 37.0 Å². The van der Waals surface area contributed by atoms with Crippen molar-refractivity contribution in [3.63, 3.8) is 0 Å². The zero-order valence-electron chi connectivity index (χ0n) is 13.8. The average Bonchev–Trinajstić information content (AvgIpc) is 2.50. The topological polar surface area (TPSA) is 108 Å². The van der Waals surface area contributed by atoms with Gasteiger partial charge in [-0.1, -0.05) is 6.08 Å². The van der Waals surface area contributed by atoms with Gasteiger partial charge >= 0.3 is 12.0 Å². The third-order valence-electron chi connectivity index (χ3n) is 3.09. The van der Waals surface area contributed by atoms with Crippen LogP contribution < -0.4 is 16.0 Å². The van der Waals surface area contributed by atoms with Gasteiger partial charge in [0.2, 0.25) is 0 Å². The van der Waals surface area contributed by atoms with Crippen molar-refractivity contribution < 1.29 is 19.5 Å². The summed E-state index contributed by atoms with van der Waals surface area (Å²) < 4.78 is 0. The molecule has 0 aliphatic rings. The molecule has 0 aliphatic carbocycles. The summed E-state index contributed by atoms with van der Waals surface area (Å²) in [6.07, 6.45) is 2.37. The lowest BCUT2D eigenvalue weighted by atomic mass is 10.1. The molecular formula is C17H23N3O4. The first-order chi connectivity index (χ1) is 11.3. The summed E-state index contributed by atoms with van der Waals surface area (Å²) in [5, 5.41) is 16.9. The van der Waals surface area contributed by atoms with E-state index in [9.17, 15) is 14.4 Å². The zero-order valence-corrected chi connectivity index (χ0v) is 13.8. The molecule has 0 aromatic heterocycles. The highest BCUT2D eigenvalue weighted by molar-refractivity contribution is 5.97. The Bertz CT molecular complexity index is 596. The lowest BCUT2D eigenvalue weighted by Crippen LogP contribution is -2.40. The second-order valence-electron chi connectivity index (χ2n) is 5.56. The molecule has 130 valence electrons. The van der Waals surface area contributed by atoms with Crippen molar-refractivity contribution in [3.05, 3.63) is 42.5 Å². The van der Waals surface area contributed by atoms with Gasteiger partial charge in [0.1, 0.15) is 6.04 Å². The van der Waals surface area contributed by atoms with Crippen LogP contribution in [0.4, 0.5) is 10.5 Å². The molecule has 1 rings (SSSR count). The van der Waals surface area contributed by atoms with Crippen molar-refractivity contribution >= 4 is 23.6 Å². The summed E-state index contributed by atoms with van der Waals surface area (Å²) in [7, 11) is 0. The molecule has 3 amide bonds. The molecule has 7 nitrogen and oxygen atoms in total. The summed E-state index contributed by atoms with van der Waals surface area (Å²) in [5.74, 6) is -1.57. The number of nitrogens with one attached hydrogen (secondary N) is 3. The van der Waals surface area contributed by atoms with Gasteiger partial charge in [-0.15, -0.1) is 6.58 Å². The fourth-order valence-electron chi connectivity index (χ4n) is 1.92. The normalized spacial score (nSPS) is 11.5. The van der Waals surface area contributed by atoms with Crippen LogP contribution in [-0.4, -0.2) is 35.1 Å². The van der Waals surface area contributed by atoms with Gasteiger partial charge in [-0.3, -0.25) is 4.79 Å². The standard InChI is InChI=1S/C17H23N3O4/c1-4-5-6-14(16(22)23)20-15(21)12-7-9-13(10-8-12)19-17(24)18-11(2)3/h4,7-11,14H,1,5-6H2,2-3H3,(H,20,21)(H,22,23)(H2,18,19,24). The molecule has 4 N–H and O–H groups in total. The molecule has 1 aromatic carbocycles. The van der Waals surface area contributed by atoms with Crippen molar-refractivity contribution in [2.45, 2.75) is 38.8 Å². The number of carboxylic acids is 1. The Balaban J connectivity index is 2.67.